The third-order valence-corrected chi connectivity index (χ3v) is 3.29. The van der Waals surface area contributed by atoms with Crippen molar-refractivity contribution in [3.05, 3.63) is 69.5 Å². The molecule has 0 aliphatic carbocycles. The van der Waals surface area contributed by atoms with Crippen molar-refractivity contribution in [2.24, 2.45) is 0 Å². The Morgan fingerprint density at radius 1 is 1.05 bits per heavy atom. The van der Waals surface area contributed by atoms with Crippen LogP contribution in [0, 0.1) is 24.4 Å². The molecule has 0 aliphatic rings. The van der Waals surface area contributed by atoms with Crippen LogP contribution in [0.25, 0.3) is 0 Å². The smallest absolute Gasteiger partial charge is 0.131 e. The highest BCUT2D eigenvalue weighted by Crippen LogP contribution is 2.26. The Kier molecular flexibility index (Phi) is 4.35. The van der Waals surface area contributed by atoms with E-state index in [0.29, 0.717) is 11.1 Å². The predicted octanol–water partition coefficient (Wildman–Crippen LogP) is 4.34. The molecule has 5 heteroatoms. The van der Waals surface area contributed by atoms with E-state index in [2.05, 4.69) is 0 Å². The molecule has 0 amide bonds. The molecule has 0 saturated heterocycles. The third kappa shape index (κ3) is 3.14. The molecule has 2 rings (SSSR count). The summed E-state index contributed by atoms with van der Waals surface area (Å²) in [6, 6.07) is 5.86. The van der Waals surface area contributed by atoms with Gasteiger partial charge in [-0.15, -0.1) is 0 Å². The Labute approximate surface area is 119 Å². The zero-order valence-electron chi connectivity index (χ0n) is 10.6. The van der Waals surface area contributed by atoms with Crippen LogP contribution in [0.3, 0.4) is 0 Å². The number of hydrogen-bond donors (Lipinski definition) is 1. The van der Waals surface area contributed by atoms with Gasteiger partial charge in [-0.2, -0.15) is 0 Å². The summed E-state index contributed by atoms with van der Waals surface area (Å²) in [4.78, 5) is 0. The van der Waals surface area contributed by atoms with Crippen molar-refractivity contribution in [3.63, 3.8) is 0 Å². The highest BCUT2D eigenvalue weighted by molar-refractivity contribution is 6.30. The highest BCUT2D eigenvalue weighted by Gasteiger charge is 2.17. The van der Waals surface area contributed by atoms with Crippen LogP contribution in [-0.2, 0) is 6.42 Å². The fraction of sp³-hybridized carbons (Fsp3) is 0.200. The molecule has 20 heavy (non-hydrogen) atoms. The molecular weight excluding hydrogens is 289 g/mol. The zero-order chi connectivity index (χ0) is 14.9. The van der Waals surface area contributed by atoms with E-state index in [1.165, 1.54) is 31.2 Å². The molecule has 0 aliphatic heterocycles. The second-order valence-corrected chi connectivity index (χ2v) is 5.01. The Bertz CT molecular complexity index is 643. The number of aryl methyl sites for hydroxylation is 1. The molecule has 106 valence electrons. The molecule has 0 fully saturated rings. The van der Waals surface area contributed by atoms with Gasteiger partial charge in [0.25, 0.3) is 0 Å². The van der Waals surface area contributed by atoms with Crippen LogP contribution in [0.2, 0.25) is 5.02 Å². The first-order valence-corrected chi connectivity index (χ1v) is 6.34. The van der Waals surface area contributed by atoms with Gasteiger partial charge in [-0.25, -0.2) is 13.2 Å². The Morgan fingerprint density at radius 2 is 1.75 bits per heavy atom. The van der Waals surface area contributed by atoms with Crippen LogP contribution in [0.1, 0.15) is 22.8 Å². The van der Waals surface area contributed by atoms with Crippen LogP contribution < -0.4 is 0 Å². The largest absolute Gasteiger partial charge is 0.388 e. The minimum atomic E-state index is -1.28. The topological polar surface area (TPSA) is 20.2 Å². The lowest BCUT2D eigenvalue weighted by Crippen LogP contribution is -2.07. The average molecular weight is 301 g/mol. The standard InChI is InChI=1S/C15H12ClF3O/c1-8-4-11(14(19)7-13(8)18)15(20)6-9-5-10(16)2-3-12(9)17/h2-5,7,15,20H,6H2,1H3. The van der Waals surface area contributed by atoms with Crippen molar-refractivity contribution in [2.45, 2.75) is 19.4 Å². The second-order valence-electron chi connectivity index (χ2n) is 4.58. The van der Waals surface area contributed by atoms with Crippen molar-refractivity contribution in [2.75, 3.05) is 0 Å². The summed E-state index contributed by atoms with van der Waals surface area (Å²) in [5.74, 6) is -2.08. The molecule has 0 spiro atoms. The van der Waals surface area contributed by atoms with Gasteiger partial charge in [0, 0.05) is 23.1 Å². The lowest BCUT2D eigenvalue weighted by molar-refractivity contribution is 0.172. The molecule has 0 bridgehead atoms. The molecule has 1 unspecified atom stereocenters. The fourth-order valence-corrected chi connectivity index (χ4v) is 2.15. The molecule has 0 heterocycles. The van der Waals surface area contributed by atoms with E-state index in [1.807, 2.05) is 0 Å². The average Bonchev–Trinajstić information content (AvgIpc) is 2.38. The van der Waals surface area contributed by atoms with E-state index in [0.717, 1.165) is 0 Å². The van der Waals surface area contributed by atoms with Crippen LogP contribution in [-0.4, -0.2) is 5.11 Å². The zero-order valence-corrected chi connectivity index (χ0v) is 11.4. The molecule has 1 atom stereocenters. The number of halogens is 4. The maximum Gasteiger partial charge on any atom is 0.131 e. The van der Waals surface area contributed by atoms with Crippen molar-refractivity contribution in [1.82, 2.24) is 0 Å². The molecule has 2 aromatic rings. The number of aliphatic hydroxyl groups is 1. The summed E-state index contributed by atoms with van der Waals surface area (Å²) in [5.41, 5.74) is 0.321. The summed E-state index contributed by atoms with van der Waals surface area (Å²) in [6.07, 6.45) is -1.42. The van der Waals surface area contributed by atoms with Crippen molar-refractivity contribution >= 4 is 11.6 Å². The van der Waals surface area contributed by atoms with E-state index >= 15 is 0 Å². The third-order valence-electron chi connectivity index (χ3n) is 3.06. The fourth-order valence-electron chi connectivity index (χ4n) is 1.95. The SMILES string of the molecule is Cc1cc(C(O)Cc2cc(Cl)ccc2F)c(F)cc1F. The summed E-state index contributed by atoms with van der Waals surface area (Å²) in [5, 5.41) is 10.3. The van der Waals surface area contributed by atoms with Crippen LogP contribution in [0.5, 0.6) is 0 Å². The molecule has 0 radical (unpaired) electrons. The van der Waals surface area contributed by atoms with Gasteiger partial charge in [0.2, 0.25) is 0 Å². The first kappa shape index (κ1) is 14.9. The van der Waals surface area contributed by atoms with Crippen molar-refractivity contribution < 1.29 is 18.3 Å². The minimum Gasteiger partial charge on any atom is -0.388 e. The monoisotopic (exact) mass is 300 g/mol. The molecule has 1 nitrogen and oxygen atoms in total. The van der Waals surface area contributed by atoms with Crippen LogP contribution >= 0.6 is 11.6 Å². The number of aliphatic hydroxyl groups excluding tert-OH is 1. The van der Waals surface area contributed by atoms with Gasteiger partial charge >= 0.3 is 0 Å². The second kappa shape index (κ2) is 5.85. The van der Waals surface area contributed by atoms with Gasteiger partial charge in [0.05, 0.1) is 6.10 Å². The number of hydrogen-bond acceptors (Lipinski definition) is 1. The summed E-state index contributed by atoms with van der Waals surface area (Å²) in [6.45, 7) is 1.46. The first-order chi connectivity index (χ1) is 9.38. The van der Waals surface area contributed by atoms with E-state index in [-0.39, 0.29) is 23.1 Å². The van der Waals surface area contributed by atoms with Gasteiger partial charge in [-0.1, -0.05) is 11.6 Å². The van der Waals surface area contributed by atoms with Gasteiger partial charge in [0.1, 0.15) is 17.5 Å². The van der Waals surface area contributed by atoms with Gasteiger partial charge < -0.3 is 5.11 Å². The van der Waals surface area contributed by atoms with E-state index in [4.69, 9.17) is 11.6 Å². The van der Waals surface area contributed by atoms with Gasteiger partial charge in [0.15, 0.2) is 0 Å². The predicted molar refractivity (Wildman–Crippen MR) is 71.2 cm³/mol. The highest BCUT2D eigenvalue weighted by atomic mass is 35.5. The summed E-state index contributed by atoms with van der Waals surface area (Å²) in [7, 11) is 0. The van der Waals surface area contributed by atoms with Crippen LogP contribution in [0.4, 0.5) is 13.2 Å². The van der Waals surface area contributed by atoms with E-state index in [1.54, 1.807) is 0 Å². The van der Waals surface area contributed by atoms with E-state index in [9.17, 15) is 18.3 Å². The Hall–Kier alpha value is -1.52. The Balaban J connectivity index is 2.30. The summed E-state index contributed by atoms with van der Waals surface area (Å²) < 4.78 is 40.4. The maximum absolute atomic E-state index is 13.6. The summed E-state index contributed by atoms with van der Waals surface area (Å²) >= 11 is 5.75. The molecular formula is C15H12ClF3O. The molecule has 1 N–H and O–H groups in total. The first-order valence-electron chi connectivity index (χ1n) is 5.96. The minimum absolute atomic E-state index is 0.0664. The van der Waals surface area contributed by atoms with Crippen molar-refractivity contribution in [3.8, 4) is 0 Å². The van der Waals surface area contributed by atoms with Crippen molar-refractivity contribution in [1.29, 1.82) is 0 Å². The maximum atomic E-state index is 13.6. The number of rotatable bonds is 3. The molecule has 2 aromatic carbocycles. The van der Waals surface area contributed by atoms with Gasteiger partial charge in [-0.05, 0) is 42.3 Å². The van der Waals surface area contributed by atoms with Crippen LogP contribution in [0.15, 0.2) is 30.3 Å². The van der Waals surface area contributed by atoms with E-state index < -0.39 is 23.6 Å². The molecule has 0 saturated carbocycles. The molecule has 0 aromatic heterocycles. The number of benzene rings is 2. The van der Waals surface area contributed by atoms with Gasteiger partial charge in [-0.3, -0.25) is 0 Å². The lowest BCUT2D eigenvalue weighted by Gasteiger charge is -2.14. The Morgan fingerprint density at radius 3 is 2.45 bits per heavy atom. The normalized spacial score (nSPS) is 12.5. The quantitative estimate of drug-likeness (QED) is 0.894. The lowest BCUT2D eigenvalue weighted by atomic mass is 9.99.